The summed E-state index contributed by atoms with van der Waals surface area (Å²) in [5.41, 5.74) is 1.05. The van der Waals surface area contributed by atoms with E-state index in [1.807, 2.05) is 0 Å². The van der Waals surface area contributed by atoms with Crippen LogP contribution in [0.2, 0.25) is 5.02 Å². The van der Waals surface area contributed by atoms with Crippen molar-refractivity contribution in [3.63, 3.8) is 0 Å². The van der Waals surface area contributed by atoms with Gasteiger partial charge < -0.3 is 20.1 Å². The Bertz CT molecular complexity index is 740. The summed E-state index contributed by atoms with van der Waals surface area (Å²) < 4.78 is 23.4. The number of methoxy groups -OCH3 is 2. The Morgan fingerprint density at radius 1 is 1.12 bits per heavy atom. The van der Waals surface area contributed by atoms with E-state index in [0.29, 0.717) is 22.9 Å². The van der Waals surface area contributed by atoms with Crippen molar-refractivity contribution in [2.24, 2.45) is 0 Å². The average molecular weight is 353 g/mol. The third kappa shape index (κ3) is 4.29. The van der Waals surface area contributed by atoms with Gasteiger partial charge in [-0.3, -0.25) is 4.79 Å². The molecule has 0 spiro atoms. The van der Waals surface area contributed by atoms with E-state index in [9.17, 15) is 9.18 Å². The maximum absolute atomic E-state index is 13.0. The lowest BCUT2D eigenvalue weighted by Gasteiger charge is -2.17. The highest BCUT2D eigenvalue weighted by molar-refractivity contribution is 6.33. The highest BCUT2D eigenvalue weighted by atomic mass is 35.5. The number of amides is 1. The van der Waals surface area contributed by atoms with Crippen molar-refractivity contribution < 1.29 is 18.7 Å². The molecule has 0 aliphatic heterocycles. The van der Waals surface area contributed by atoms with Gasteiger partial charge in [0, 0.05) is 11.8 Å². The predicted octanol–water partition coefficient (Wildman–Crippen LogP) is 3.94. The molecule has 7 heteroatoms. The SMILES string of the molecule is COc1ccc(NC(C)C(=O)Nc2ccc(F)cc2Cl)cc1OC. The molecule has 2 aromatic rings. The molecule has 0 fully saturated rings. The zero-order valence-corrected chi connectivity index (χ0v) is 14.3. The van der Waals surface area contributed by atoms with E-state index >= 15 is 0 Å². The van der Waals surface area contributed by atoms with Gasteiger partial charge >= 0.3 is 0 Å². The lowest BCUT2D eigenvalue weighted by atomic mass is 10.2. The summed E-state index contributed by atoms with van der Waals surface area (Å²) >= 11 is 5.91. The molecule has 0 aliphatic rings. The van der Waals surface area contributed by atoms with Gasteiger partial charge in [0.25, 0.3) is 0 Å². The number of rotatable bonds is 6. The molecule has 1 unspecified atom stereocenters. The number of nitrogens with one attached hydrogen (secondary N) is 2. The third-order valence-corrected chi connectivity index (χ3v) is 3.66. The molecule has 128 valence electrons. The van der Waals surface area contributed by atoms with Crippen molar-refractivity contribution in [2.75, 3.05) is 24.9 Å². The summed E-state index contributed by atoms with van der Waals surface area (Å²) in [7, 11) is 3.09. The molecule has 0 saturated carbocycles. The van der Waals surface area contributed by atoms with Crippen LogP contribution in [0.4, 0.5) is 15.8 Å². The van der Waals surface area contributed by atoms with Gasteiger partial charge in [-0.05, 0) is 37.3 Å². The van der Waals surface area contributed by atoms with Gasteiger partial charge in [-0.2, -0.15) is 0 Å². The minimum absolute atomic E-state index is 0.140. The number of anilines is 2. The van der Waals surface area contributed by atoms with Crippen LogP contribution in [0.5, 0.6) is 11.5 Å². The molecule has 2 N–H and O–H groups in total. The molecule has 2 aromatic carbocycles. The Balaban J connectivity index is 2.06. The van der Waals surface area contributed by atoms with Crippen LogP contribution >= 0.6 is 11.6 Å². The van der Waals surface area contributed by atoms with Gasteiger partial charge in [0.2, 0.25) is 5.91 Å². The Hall–Kier alpha value is -2.47. The first-order valence-electron chi connectivity index (χ1n) is 7.19. The van der Waals surface area contributed by atoms with E-state index in [-0.39, 0.29) is 10.9 Å². The standard InChI is InChI=1S/C17H18ClFN2O3/c1-10(17(22)21-14-6-4-11(19)8-13(14)18)20-12-5-7-15(23-2)16(9-12)24-3/h4-10,20H,1-3H3,(H,21,22). The number of carbonyl (C=O) groups excluding carboxylic acids is 1. The quantitative estimate of drug-likeness (QED) is 0.826. The number of benzene rings is 2. The van der Waals surface area contributed by atoms with Crippen molar-refractivity contribution in [3.8, 4) is 11.5 Å². The molecule has 24 heavy (non-hydrogen) atoms. The van der Waals surface area contributed by atoms with Crippen LogP contribution < -0.4 is 20.1 Å². The zero-order valence-electron chi connectivity index (χ0n) is 13.5. The van der Waals surface area contributed by atoms with Crippen LogP contribution in [0.25, 0.3) is 0 Å². The fraction of sp³-hybridized carbons (Fsp3) is 0.235. The lowest BCUT2D eigenvalue weighted by Crippen LogP contribution is -2.31. The Kier molecular flexibility index (Phi) is 5.87. The smallest absolute Gasteiger partial charge is 0.246 e. The Morgan fingerprint density at radius 2 is 1.83 bits per heavy atom. The third-order valence-electron chi connectivity index (χ3n) is 3.35. The van der Waals surface area contributed by atoms with E-state index in [2.05, 4.69) is 10.6 Å². The molecule has 5 nitrogen and oxygen atoms in total. The Morgan fingerprint density at radius 3 is 2.46 bits per heavy atom. The maximum atomic E-state index is 13.0. The summed E-state index contributed by atoms with van der Waals surface area (Å²) in [6.45, 7) is 1.70. The summed E-state index contributed by atoms with van der Waals surface area (Å²) in [4.78, 5) is 12.2. The van der Waals surface area contributed by atoms with Gasteiger partial charge in [0.15, 0.2) is 11.5 Å². The van der Waals surface area contributed by atoms with E-state index < -0.39 is 11.9 Å². The minimum atomic E-state index is -0.552. The number of hydrogen-bond donors (Lipinski definition) is 2. The van der Waals surface area contributed by atoms with Crippen molar-refractivity contribution in [2.45, 2.75) is 13.0 Å². The number of carbonyl (C=O) groups is 1. The maximum Gasteiger partial charge on any atom is 0.246 e. The number of halogens is 2. The summed E-state index contributed by atoms with van der Waals surface area (Å²) in [6.07, 6.45) is 0. The van der Waals surface area contributed by atoms with Crippen LogP contribution in [0.1, 0.15) is 6.92 Å². The van der Waals surface area contributed by atoms with Crippen molar-refractivity contribution in [1.82, 2.24) is 0 Å². The van der Waals surface area contributed by atoms with E-state index in [0.717, 1.165) is 6.07 Å². The minimum Gasteiger partial charge on any atom is -0.493 e. The van der Waals surface area contributed by atoms with E-state index in [1.165, 1.54) is 19.2 Å². The molecule has 1 atom stereocenters. The molecule has 0 aromatic heterocycles. The van der Waals surface area contributed by atoms with Crippen LogP contribution in [-0.4, -0.2) is 26.2 Å². The number of hydrogen-bond acceptors (Lipinski definition) is 4. The second kappa shape index (κ2) is 7.88. The predicted molar refractivity (Wildman–Crippen MR) is 92.7 cm³/mol. The Labute approximate surface area is 144 Å². The van der Waals surface area contributed by atoms with Gasteiger partial charge in [-0.15, -0.1) is 0 Å². The van der Waals surface area contributed by atoms with Crippen LogP contribution in [0, 0.1) is 5.82 Å². The fourth-order valence-corrected chi connectivity index (χ4v) is 2.29. The van der Waals surface area contributed by atoms with Crippen molar-refractivity contribution in [1.29, 1.82) is 0 Å². The lowest BCUT2D eigenvalue weighted by molar-refractivity contribution is -0.116. The number of ether oxygens (including phenoxy) is 2. The first-order valence-corrected chi connectivity index (χ1v) is 7.57. The average Bonchev–Trinajstić information content (AvgIpc) is 2.57. The van der Waals surface area contributed by atoms with Crippen LogP contribution in [-0.2, 0) is 4.79 Å². The second-order valence-corrected chi connectivity index (χ2v) is 5.46. The summed E-state index contributed by atoms with van der Waals surface area (Å²) in [6, 6.07) is 8.48. The van der Waals surface area contributed by atoms with Gasteiger partial charge in [0.05, 0.1) is 24.9 Å². The van der Waals surface area contributed by atoms with E-state index in [1.54, 1.807) is 32.2 Å². The fourth-order valence-electron chi connectivity index (χ4n) is 2.07. The molecule has 0 heterocycles. The van der Waals surface area contributed by atoms with Crippen LogP contribution in [0.15, 0.2) is 36.4 Å². The van der Waals surface area contributed by atoms with Gasteiger partial charge in [0.1, 0.15) is 11.9 Å². The van der Waals surface area contributed by atoms with Gasteiger partial charge in [-0.25, -0.2) is 4.39 Å². The molecule has 2 rings (SSSR count). The molecular formula is C17H18ClFN2O3. The van der Waals surface area contributed by atoms with Crippen molar-refractivity contribution in [3.05, 3.63) is 47.2 Å². The van der Waals surface area contributed by atoms with E-state index in [4.69, 9.17) is 21.1 Å². The van der Waals surface area contributed by atoms with Gasteiger partial charge in [-0.1, -0.05) is 11.6 Å². The first-order chi connectivity index (χ1) is 11.4. The first kappa shape index (κ1) is 17.9. The van der Waals surface area contributed by atoms with Crippen molar-refractivity contribution >= 4 is 28.9 Å². The monoisotopic (exact) mass is 352 g/mol. The largest absolute Gasteiger partial charge is 0.493 e. The topological polar surface area (TPSA) is 59.6 Å². The highest BCUT2D eigenvalue weighted by Crippen LogP contribution is 2.30. The molecular weight excluding hydrogens is 335 g/mol. The highest BCUT2D eigenvalue weighted by Gasteiger charge is 2.15. The molecule has 0 bridgehead atoms. The van der Waals surface area contributed by atoms with Crippen LogP contribution in [0.3, 0.4) is 0 Å². The summed E-state index contributed by atoms with van der Waals surface area (Å²) in [5, 5.41) is 5.85. The molecule has 0 aliphatic carbocycles. The normalized spacial score (nSPS) is 11.5. The molecule has 1 amide bonds. The zero-order chi connectivity index (χ0) is 17.7. The second-order valence-electron chi connectivity index (χ2n) is 5.05. The molecule has 0 saturated heterocycles. The summed E-state index contributed by atoms with van der Waals surface area (Å²) in [5.74, 6) is 0.378. The molecule has 0 radical (unpaired) electrons.